The zero-order valence-corrected chi connectivity index (χ0v) is 20.5. The van der Waals surface area contributed by atoms with E-state index in [1.807, 2.05) is 18.2 Å². The number of carbonyl (C=O) groups excluding carboxylic acids is 1. The van der Waals surface area contributed by atoms with E-state index in [9.17, 15) is 9.59 Å². The highest BCUT2D eigenvalue weighted by Crippen LogP contribution is 2.24. The van der Waals surface area contributed by atoms with E-state index in [-0.39, 0.29) is 11.5 Å². The van der Waals surface area contributed by atoms with Crippen LogP contribution in [0.25, 0.3) is 22.2 Å². The molecule has 172 valence electrons. The van der Waals surface area contributed by atoms with Crippen LogP contribution < -0.4 is 10.5 Å². The molecule has 0 N–H and O–H groups in total. The number of nitrogens with zero attached hydrogens (tertiary/aromatic N) is 4. The molecule has 3 heterocycles. The standard InChI is InChI=1S/C26H23BrN4O3/c1-16-3-5-20(17(2)13-16)22-6-8-24(29-28-22)30-9-11-31(12-10-30)25(32)21-15-18-14-19(27)4-7-23(18)34-26(21)33/h3-8,13-15H,9-12H2,1-2H3. The molecule has 5 rings (SSSR count). The zero-order chi connectivity index (χ0) is 23.8. The number of anilines is 1. The van der Waals surface area contributed by atoms with Gasteiger partial charge < -0.3 is 14.2 Å². The van der Waals surface area contributed by atoms with Gasteiger partial charge in [0.2, 0.25) is 0 Å². The van der Waals surface area contributed by atoms with Gasteiger partial charge in [-0.25, -0.2) is 4.79 Å². The van der Waals surface area contributed by atoms with Gasteiger partial charge in [-0.05, 0) is 55.8 Å². The minimum atomic E-state index is -0.616. The minimum Gasteiger partial charge on any atom is -0.422 e. The van der Waals surface area contributed by atoms with E-state index in [1.165, 1.54) is 11.1 Å². The quantitative estimate of drug-likeness (QED) is 0.369. The Balaban J connectivity index is 1.28. The summed E-state index contributed by atoms with van der Waals surface area (Å²) in [5.74, 6) is 0.460. The van der Waals surface area contributed by atoms with Gasteiger partial charge in [0.25, 0.3) is 5.91 Å². The molecule has 1 aliphatic heterocycles. The molecule has 7 nitrogen and oxygen atoms in total. The van der Waals surface area contributed by atoms with Crippen LogP contribution in [-0.4, -0.2) is 47.2 Å². The van der Waals surface area contributed by atoms with Crippen LogP contribution in [0.2, 0.25) is 0 Å². The molecule has 0 atom stereocenters. The molecule has 0 bridgehead atoms. The van der Waals surface area contributed by atoms with E-state index in [0.717, 1.165) is 21.5 Å². The Morgan fingerprint density at radius 2 is 1.74 bits per heavy atom. The van der Waals surface area contributed by atoms with Crippen molar-refractivity contribution in [3.8, 4) is 11.3 Å². The predicted molar refractivity (Wildman–Crippen MR) is 135 cm³/mol. The number of piperazine rings is 1. The lowest BCUT2D eigenvalue weighted by atomic mass is 10.0. The number of aromatic nitrogens is 2. The van der Waals surface area contributed by atoms with Gasteiger partial charge in [0, 0.05) is 41.6 Å². The van der Waals surface area contributed by atoms with Gasteiger partial charge in [-0.1, -0.05) is 39.7 Å². The Morgan fingerprint density at radius 1 is 0.941 bits per heavy atom. The van der Waals surface area contributed by atoms with Crippen molar-refractivity contribution in [3.05, 3.63) is 86.2 Å². The first kappa shape index (κ1) is 22.3. The Kier molecular flexibility index (Phi) is 5.91. The summed E-state index contributed by atoms with van der Waals surface area (Å²) < 4.78 is 6.21. The first-order chi connectivity index (χ1) is 16.4. The topological polar surface area (TPSA) is 79.5 Å². The van der Waals surface area contributed by atoms with Gasteiger partial charge >= 0.3 is 5.63 Å². The van der Waals surface area contributed by atoms with Crippen molar-refractivity contribution < 1.29 is 9.21 Å². The van der Waals surface area contributed by atoms with Gasteiger partial charge in [0.15, 0.2) is 5.82 Å². The molecule has 8 heteroatoms. The molecular formula is C26H23BrN4O3. The smallest absolute Gasteiger partial charge is 0.349 e. The van der Waals surface area contributed by atoms with E-state index >= 15 is 0 Å². The lowest BCUT2D eigenvalue weighted by Gasteiger charge is -2.35. The molecule has 0 unspecified atom stereocenters. The number of aryl methyl sites for hydroxylation is 2. The summed E-state index contributed by atoms with van der Waals surface area (Å²) in [4.78, 5) is 29.3. The monoisotopic (exact) mass is 518 g/mol. The molecule has 1 aliphatic rings. The predicted octanol–water partition coefficient (Wildman–Crippen LogP) is 4.59. The summed E-state index contributed by atoms with van der Waals surface area (Å²) in [5.41, 5.74) is 4.18. The van der Waals surface area contributed by atoms with Crippen LogP contribution in [0.4, 0.5) is 5.82 Å². The van der Waals surface area contributed by atoms with Crippen LogP contribution in [0.1, 0.15) is 21.5 Å². The van der Waals surface area contributed by atoms with E-state index in [4.69, 9.17) is 4.42 Å². The van der Waals surface area contributed by atoms with Gasteiger partial charge in [0.05, 0.1) is 5.69 Å². The van der Waals surface area contributed by atoms with Crippen molar-refractivity contribution in [2.45, 2.75) is 13.8 Å². The Hall–Kier alpha value is -3.52. The van der Waals surface area contributed by atoms with Crippen LogP contribution in [0.3, 0.4) is 0 Å². The molecule has 2 aromatic heterocycles. The minimum absolute atomic E-state index is 0.0525. The average molecular weight is 519 g/mol. The average Bonchev–Trinajstić information content (AvgIpc) is 2.84. The maximum absolute atomic E-state index is 13.1. The first-order valence-corrected chi connectivity index (χ1v) is 11.9. The SMILES string of the molecule is Cc1ccc(-c2ccc(N3CCN(C(=O)c4cc5cc(Br)ccc5oc4=O)CC3)nn2)c(C)c1. The van der Waals surface area contributed by atoms with Crippen LogP contribution >= 0.6 is 15.9 Å². The second-order valence-corrected chi connectivity index (χ2v) is 9.42. The molecule has 0 radical (unpaired) electrons. The van der Waals surface area contributed by atoms with Crippen molar-refractivity contribution in [1.29, 1.82) is 0 Å². The second-order valence-electron chi connectivity index (χ2n) is 8.50. The fourth-order valence-corrected chi connectivity index (χ4v) is 4.67. The molecule has 1 amide bonds. The third-order valence-corrected chi connectivity index (χ3v) is 6.62. The van der Waals surface area contributed by atoms with Crippen LogP contribution in [0, 0.1) is 13.8 Å². The van der Waals surface area contributed by atoms with E-state index in [2.05, 4.69) is 63.1 Å². The van der Waals surface area contributed by atoms with Crippen LogP contribution in [0.15, 0.2) is 68.3 Å². The lowest BCUT2D eigenvalue weighted by Crippen LogP contribution is -2.49. The number of halogens is 1. The normalized spacial score (nSPS) is 14.0. The van der Waals surface area contributed by atoms with Gasteiger partial charge in [-0.15, -0.1) is 10.2 Å². The van der Waals surface area contributed by atoms with Gasteiger partial charge in [-0.2, -0.15) is 0 Å². The highest BCUT2D eigenvalue weighted by atomic mass is 79.9. The number of amides is 1. The molecule has 0 spiro atoms. The third-order valence-electron chi connectivity index (χ3n) is 6.12. The Labute approximate surface area is 205 Å². The fraction of sp³-hybridized carbons (Fsp3) is 0.231. The summed E-state index contributed by atoms with van der Waals surface area (Å²) in [7, 11) is 0. The Bertz CT molecular complexity index is 1440. The Morgan fingerprint density at radius 3 is 2.44 bits per heavy atom. The molecule has 4 aromatic rings. The first-order valence-electron chi connectivity index (χ1n) is 11.1. The highest BCUT2D eigenvalue weighted by Gasteiger charge is 2.25. The molecule has 0 saturated carbocycles. The summed E-state index contributed by atoms with van der Waals surface area (Å²) in [5, 5.41) is 9.57. The maximum Gasteiger partial charge on any atom is 0.349 e. The molecular weight excluding hydrogens is 496 g/mol. The number of fused-ring (bicyclic) bond motifs is 1. The van der Waals surface area contributed by atoms with E-state index in [1.54, 1.807) is 23.1 Å². The maximum atomic E-state index is 13.1. The number of benzene rings is 2. The number of carbonyl (C=O) groups is 1. The number of rotatable bonds is 3. The summed E-state index contributed by atoms with van der Waals surface area (Å²) >= 11 is 3.41. The van der Waals surface area contributed by atoms with Gasteiger partial charge in [-0.3, -0.25) is 4.79 Å². The molecule has 1 fully saturated rings. The lowest BCUT2D eigenvalue weighted by molar-refractivity contribution is 0.0742. The van der Waals surface area contributed by atoms with Crippen molar-refractivity contribution in [1.82, 2.24) is 15.1 Å². The molecule has 34 heavy (non-hydrogen) atoms. The van der Waals surface area contributed by atoms with Crippen LogP contribution in [0.5, 0.6) is 0 Å². The largest absolute Gasteiger partial charge is 0.422 e. The van der Waals surface area contributed by atoms with E-state index < -0.39 is 5.63 Å². The van der Waals surface area contributed by atoms with Gasteiger partial charge in [0.1, 0.15) is 11.1 Å². The van der Waals surface area contributed by atoms with Crippen molar-refractivity contribution in [3.63, 3.8) is 0 Å². The molecule has 1 saturated heterocycles. The van der Waals surface area contributed by atoms with Crippen molar-refractivity contribution >= 4 is 38.6 Å². The third kappa shape index (κ3) is 4.33. The fourth-order valence-electron chi connectivity index (χ4n) is 4.29. The zero-order valence-electron chi connectivity index (χ0n) is 18.9. The molecule has 0 aliphatic carbocycles. The van der Waals surface area contributed by atoms with Crippen LogP contribution in [-0.2, 0) is 0 Å². The summed E-state index contributed by atoms with van der Waals surface area (Å²) in [6.45, 7) is 6.32. The van der Waals surface area contributed by atoms with Crippen molar-refractivity contribution in [2.75, 3.05) is 31.1 Å². The number of hydrogen-bond donors (Lipinski definition) is 0. The van der Waals surface area contributed by atoms with Crippen molar-refractivity contribution in [2.24, 2.45) is 0 Å². The highest BCUT2D eigenvalue weighted by molar-refractivity contribution is 9.10. The second kappa shape index (κ2) is 9.02. The van der Waals surface area contributed by atoms with E-state index in [0.29, 0.717) is 37.1 Å². The summed E-state index contributed by atoms with van der Waals surface area (Å²) in [6, 6.07) is 17.2. The summed E-state index contributed by atoms with van der Waals surface area (Å²) in [6.07, 6.45) is 0. The molecule has 2 aromatic carbocycles. The number of hydrogen-bond acceptors (Lipinski definition) is 6.